The van der Waals surface area contributed by atoms with Crippen LogP contribution >= 0.6 is 11.6 Å². The van der Waals surface area contributed by atoms with Crippen LogP contribution in [-0.4, -0.2) is 16.2 Å². The van der Waals surface area contributed by atoms with Crippen molar-refractivity contribution in [1.29, 1.82) is 0 Å². The molecule has 0 saturated heterocycles. The zero-order valence-electron chi connectivity index (χ0n) is 14.8. The van der Waals surface area contributed by atoms with Gasteiger partial charge in [-0.3, -0.25) is 4.90 Å². The quantitative estimate of drug-likeness (QED) is 0.567. The van der Waals surface area contributed by atoms with E-state index >= 15 is 0 Å². The summed E-state index contributed by atoms with van der Waals surface area (Å²) in [6, 6.07) is 13.3. The van der Waals surface area contributed by atoms with Gasteiger partial charge < -0.3 is 10.8 Å². The summed E-state index contributed by atoms with van der Waals surface area (Å²) in [5.41, 5.74) is 6.59. The second-order valence-electron chi connectivity index (χ2n) is 6.17. The predicted octanol–water partition coefficient (Wildman–Crippen LogP) is 5.69. The van der Waals surface area contributed by atoms with Crippen LogP contribution in [-0.2, 0) is 12.7 Å². The maximum Gasteiger partial charge on any atom is 0.417 e. The highest BCUT2D eigenvalue weighted by molar-refractivity contribution is 6.31. The molecule has 0 aliphatic heterocycles. The van der Waals surface area contributed by atoms with E-state index in [2.05, 4.69) is 4.98 Å². The first-order chi connectivity index (χ1) is 13.7. The van der Waals surface area contributed by atoms with Gasteiger partial charge in [-0.2, -0.15) is 13.2 Å². The van der Waals surface area contributed by atoms with Gasteiger partial charge in [0.25, 0.3) is 0 Å². The number of carbonyl (C=O) groups is 1. The second-order valence-corrected chi connectivity index (χ2v) is 6.57. The summed E-state index contributed by atoms with van der Waals surface area (Å²) < 4.78 is 39.4. The van der Waals surface area contributed by atoms with Gasteiger partial charge in [0.1, 0.15) is 5.82 Å². The first kappa shape index (κ1) is 20.5. The van der Waals surface area contributed by atoms with Crippen molar-refractivity contribution in [3.63, 3.8) is 0 Å². The van der Waals surface area contributed by atoms with Gasteiger partial charge in [0.2, 0.25) is 0 Å². The molecule has 1 amide bonds. The van der Waals surface area contributed by atoms with Crippen molar-refractivity contribution in [1.82, 2.24) is 4.98 Å². The van der Waals surface area contributed by atoms with Crippen molar-refractivity contribution < 1.29 is 23.1 Å². The molecule has 2 aromatic carbocycles. The summed E-state index contributed by atoms with van der Waals surface area (Å²) in [6.07, 6.45) is -4.55. The van der Waals surface area contributed by atoms with Gasteiger partial charge in [-0.1, -0.05) is 29.8 Å². The Morgan fingerprint density at radius 2 is 1.90 bits per heavy atom. The monoisotopic (exact) mass is 421 g/mol. The number of hydrogen-bond acceptors (Lipinski definition) is 3. The van der Waals surface area contributed by atoms with E-state index in [4.69, 9.17) is 17.3 Å². The molecule has 0 atom stereocenters. The van der Waals surface area contributed by atoms with Gasteiger partial charge >= 0.3 is 12.3 Å². The maximum absolute atomic E-state index is 13.1. The van der Waals surface area contributed by atoms with Crippen molar-refractivity contribution in [2.45, 2.75) is 12.7 Å². The molecule has 9 heteroatoms. The third-order valence-corrected chi connectivity index (χ3v) is 4.54. The number of nitrogens with zero attached hydrogens (tertiary/aromatic N) is 2. The average molecular weight is 422 g/mol. The van der Waals surface area contributed by atoms with Gasteiger partial charge in [0.15, 0.2) is 0 Å². The van der Waals surface area contributed by atoms with Crippen LogP contribution in [0.1, 0.15) is 11.1 Å². The number of nitrogen functional groups attached to an aromatic ring is 1. The van der Waals surface area contributed by atoms with Crippen molar-refractivity contribution >= 4 is 29.2 Å². The Morgan fingerprint density at radius 1 is 1.14 bits per heavy atom. The van der Waals surface area contributed by atoms with E-state index in [0.717, 1.165) is 17.0 Å². The first-order valence-corrected chi connectivity index (χ1v) is 8.71. The number of hydrogen-bond donors (Lipinski definition) is 2. The summed E-state index contributed by atoms with van der Waals surface area (Å²) in [7, 11) is 0. The van der Waals surface area contributed by atoms with E-state index in [0.29, 0.717) is 22.5 Å². The Hall–Kier alpha value is -3.26. The fourth-order valence-corrected chi connectivity index (χ4v) is 3.07. The van der Waals surface area contributed by atoms with Crippen LogP contribution in [0.2, 0.25) is 5.02 Å². The smallest absolute Gasteiger partial charge is 0.417 e. The molecule has 0 bridgehead atoms. The van der Waals surface area contributed by atoms with Gasteiger partial charge in [-0.15, -0.1) is 0 Å². The number of pyridine rings is 1. The Bertz CT molecular complexity index is 1060. The highest BCUT2D eigenvalue weighted by atomic mass is 35.5. The summed E-state index contributed by atoms with van der Waals surface area (Å²) in [4.78, 5) is 16.6. The lowest BCUT2D eigenvalue weighted by atomic mass is 10.0. The van der Waals surface area contributed by atoms with Crippen LogP contribution < -0.4 is 10.6 Å². The van der Waals surface area contributed by atoms with Crippen LogP contribution in [0.15, 0.2) is 60.8 Å². The number of nitrogens with two attached hydrogens (primary N) is 1. The topological polar surface area (TPSA) is 79.5 Å². The minimum atomic E-state index is -4.70. The number of anilines is 2. The van der Waals surface area contributed by atoms with Crippen LogP contribution in [0.4, 0.5) is 29.5 Å². The van der Waals surface area contributed by atoms with Gasteiger partial charge in [-0.25, -0.2) is 9.78 Å². The molecule has 0 aliphatic carbocycles. The largest absolute Gasteiger partial charge is 0.465 e. The predicted molar refractivity (Wildman–Crippen MR) is 105 cm³/mol. The molecule has 0 saturated carbocycles. The molecule has 3 rings (SSSR count). The molecule has 3 aromatic rings. The molecule has 1 heterocycles. The van der Waals surface area contributed by atoms with Gasteiger partial charge in [-0.05, 0) is 47.5 Å². The molecule has 0 radical (unpaired) electrons. The Morgan fingerprint density at radius 3 is 2.55 bits per heavy atom. The zero-order valence-corrected chi connectivity index (χ0v) is 15.6. The van der Waals surface area contributed by atoms with Crippen molar-refractivity contribution in [2.75, 3.05) is 10.6 Å². The van der Waals surface area contributed by atoms with Crippen molar-refractivity contribution in [3.05, 3.63) is 76.9 Å². The molecular weight excluding hydrogens is 407 g/mol. The zero-order chi connectivity index (χ0) is 21.2. The first-order valence-electron chi connectivity index (χ1n) is 8.34. The number of amides is 1. The van der Waals surface area contributed by atoms with Crippen LogP contribution in [0.3, 0.4) is 0 Å². The average Bonchev–Trinajstić information content (AvgIpc) is 2.66. The molecule has 0 aliphatic rings. The SMILES string of the molecule is Nc1ncccc1-c1cccc(CN(C(=O)O)c2ccc(Cl)c(C(F)(F)F)c2)c1. The minimum absolute atomic E-state index is 0.138. The standard InChI is InChI=1S/C20H15ClF3N3O2/c21-17-7-6-14(10-16(17)20(22,23)24)27(19(28)29)11-12-3-1-4-13(9-12)15-5-2-8-26-18(15)25/h1-10H,11H2,(H2,25,26)(H,28,29). The fourth-order valence-electron chi connectivity index (χ4n) is 2.85. The number of carboxylic acid groups (broad SMARTS) is 1. The third-order valence-electron chi connectivity index (χ3n) is 4.22. The molecule has 0 unspecified atom stereocenters. The lowest BCUT2D eigenvalue weighted by Crippen LogP contribution is -2.29. The number of alkyl halides is 3. The number of rotatable bonds is 4. The lowest BCUT2D eigenvalue weighted by molar-refractivity contribution is -0.137. The van der Waals surface area contributed by atoms with Gasteiger partial charge in [0.05, 0.1) is 17.1 Å². The number of halogens is 4. The van der Waals surface area contributed by atoms with E-state index in [1.807, 2.05) is 0 Å². The van der Waals surface area contributed by atoms with Crippen LogP contribution in [0.5, 0.6) is 0 Å². The molecular formula is C20H15ClF3N3O2. The molecule has 0 fully saturated rings. The Balaban J connectivity index is 1.96. The van der Waals surface area contributed by atoms with Crippen molar-refractivity contribution in [2.24, 2.45) is 0 Å². The molecule has 150 valence electrons. The summed E-state index contributed by atoms with van der Waals surface area (Å²) in [5, 5.41) is 9.06. The summed E-state index contributed by atoms with van der Waals surface area (Å²) >= 11 is 5.63. The highest BCUT2D eigenvalue weighted by Gasteiger charge is 2.34. The van der Waals surface area contributed by atoms with Crippen molar-refractivity contribution in [3.8, 4) is 11.1 Å². The van der Waals surface area contributed by atoms with E-state index in [1.165, 1.54) is 6.07 Å². The van der Waals surface area contributed by atoms with Crippen LogP contribution in [0, 0.1) is 0 Å². The van der Waals surface area contributed by atoms with E-state index in [-0.39, 0.29) is 12.2 Å². The van der Waals surface area contributed by atoms with E-state index in [9.17, 15) is 23.1 Å². The van der Waals surface area contributed by atoms with Gasteiger partial charge in [0, 0.05) is 17.4 Å². The molecule has 5 nitrogen and oxygen atoms in total. The summed E-state index contributed by atoms with van der Waals surface area (Å²) in [5.74, 6) is 0.312. The third kappa shape index (κ3) is 4.60. The lowest BCUT2D eigenvalue weighted by Gasteiger charge is -2.21. The molecule has 0 spiro atoms. The minimum Gasteiger partial charge on any atom is -0.465 e. The normalized spacial score (nSPS) is 11.3. The maximum atomic E-state index is 13.1. The number of aromatic nitrogens is 1. The summed E-state index contributed by atoms with van der Waals surface area (Å²) in [6.45, 7) is -0.164. The van der Waals surface area contributed by atoms with Crippen LogP contribution in [0.25, 0.3) is 11.1 Å². The molecule has 1 aromatic heterocycles. The van der Waals surface area contributed by atoms with E-state index in [1.54, 1.807) is 42.6 Å². The Labute approximate surface area is 169 Å². The Kier molecular flexibility index (Phi) is 5.65. The number of benzene rings is 2. The van der Waals surface area contributed by atoms with E-state index < -0.39 is 22.9 Å². The molecule has 3 N–H and O–H groups in total. The second kappa shape index (κ2) is 8.00. The fraction of sp³-hybridized carbons (Fsp3) is 0.100. The highest BCUT2D eigenvalue weighted by Crippen LogP contribution is 2.37. The molecule has 29 heavy (non-hydrogen) atoms.